The number of benzene rings is 2. The molecule has 4 nitrogen and oxygen atoms in total. The summed E-state index contributed by atoms with van der Waals surface area (Å²) >= 11 is 0. The van der Waals surface area contributed by atoms with Crippen molar-refractivity contribution in [2.75, 3.05) is 31.5 Å². The molecule has 1 saturated heterocycles. The zero-order valence-electron chi connectivity index (χ0n) is 19.1. The van der Waals surface area contributed by atoms with Gasteiger partial charge in [-0.05, 0) is 55.0 Å². The molecule has 1 atom stereocenters. The number of aromatic amines is 1. The van der Waals surface area contributed by atoms with Crippen LogP contribution in [0.4, 0.5) is 5.69 Å². The molecule has 3 aromatic rings. The minimum atomic E-state index is 0.314. The molecule has 1 aromatic heterocycles. The highest BCUT2D eigenvalue weighted by molar-refractivity contribution is 5.85. The van der Waals surface area contributed by atoms with Gasteiger partial charge in [0, 0.05) is 54.0 Å². The normalized spacial score (nSPS) is 23.0. The van der Waals surface area contributed by atoms with Crippen LogP contribution in [0.15, 0.2) is 61.2 Å². The van der Waals surface area contributed by atoms with Crippen molar-refractivity contribution in [3.05, 3.63) is 78.0 Å². The van der Waals surface area contributed by atoms with Crippen LogP contribution in [0.1, 0.15) is 49.0 Å². The molecular formula is C28H34N4. The summed E-state index contributed by atoms with van der Waals surface area (Å²) in [6.07, 6.45) is 7.03. The maximum atomic E-state index is 3.84. The standard InChI is InChI=1S/C28H34N4/c1-3-16-31-18-22(19-31)29-21-11-9-20(10-12-21)27-26-24(23-7-5-6-8-25(23)30-26)13-17-32(27)28(4-2)14-15-28/h3,5-12,22,27,29-30H,1,4,13-19H2,2H3. The Labute approximate surface area is 191 Å². The van der Waals surface area contributed by atoms with Gasteiger partial charge in [-0.2, -0.15) is 0 Å². The fraction of sp³-hybridized carbons (Fsp3) is 0.429. The number of likely N-dealkylation sites (tertiary alicyclic amines) is 1. The fourth-order valence-corrected chi connectivity index (χ4v) is 6.08. The second kappa shape index (κ2) is 7.79. The number of hydrogen-bond acceptors (Lipinski definition) is 3. The Kier molecular flexibility index (Phi) is 4.89. The van der Waals surface area contributed by atoms with Crippen LogP contribution < -0.4 is 5.32 Å². The molecule has 6 rings (SSSR count). The summed E-state index contributed by atoms with van der Waals surface area (Å²) in [5, 5.41) is 5.11. The Morgan fingerprint density at radius 2 is 1.91 bits per heavy atom. The average molecular weight is 427 g/mol. The van der Waals surface area contributed by atoms with Gasteiger partial charge in [0.1, 0.15) is 0 Å². The van der Waals surface area contributed by atoms with E-state index in [1.165, 1.54) is 52.7 Å². The number of anilines is 1. The van der Waals surface area contributed by atoms with Crippen LogP contribution in [0.2, 0.25) is 0 Å². The SMILES string of the molecule is C=CCN1CC(Nc2ccc(C3c4[nH]c5ccccc5c4CCN3C3(CC)CC3)cc2)C1. The topological polar surface area (TPSA) is 34.3 Å². The summed E-state index contributed by atoms with van der Waals surface area (Å²) < 4.78 is 0. The smallest absolute Gasteiger partial charge is 0.0761 e. The Bertz CT molecular complexity index is 1120. The van der Waals surface area contributed by atoms with E-state index in [0.717, 1.165) is 32.6 Å². The van der Waals surface area contributed by atoms with Crippen LogP contribution in [0, 0.1) is 0 Å². The first kappa shape index (κ1) is 20.1. The summed E-state index contributed by atoms with van der Waals surface area (Å²) in [4.78, 5) is 9.05. The lowest BCUT2D eigenvalue weighted by atomic mass is 9.89. The third-order valence-corrected chi connectivity index (χ3v) is 8.07. The highest BCUT2D eigenvalue weighted by Crippen LogP contribution is 2.52. The van der Waals surface area contributed by atoms with Gasteiger partial charge in [0.15, 0.2) is 0 Å². The Morgan fingerprint density at radius 3 is 2.62 bits per heavy atom. The first-order chi connectivity index (χ1) is 15.7. The molecule has 2 N–H and O–H groups in total. The lowest BCUT2D eigenvalue weighted by Crippen LogP contribution is -2.54. The molecule has 0 bridgehead atoms. The van der Waals surface area contributed by atoms with E-state index in [2.05, 4.69) is 82.1 Å². The van der Waals surface area contributed by atoms with Crippen molar-refractivity contribution in [1.29, 1.82) is 0 Å². The lowest BCUT2D eigenvalue weighted by Gasteiger charge is -2.42. The van der Waals surface area contributed by atoms with E-state index in [4.69, 9.17) is 0 Å². The molecule has 0 spiro atoms. The van der Waals surface area contributed by atoms with E-state index < -0.39 is 0 Å². The number of rotatable bonds is 7. The van der Waals surface area contributed by atoms with Gasteiger partial charge in [-0.1, -0.05) is 43.3 Å². The van der Waals surface area contributed by atoms with Gasteiger partial charge >= 0.3 is 0 Å². The van der Waals surface area contributed by atoms with Gasteiger partial charge in [0.25, 0.3) is 0 Å². The van der Waals surface area contributed by atoms with Gasteiger partial charge in [0.2, 0.25) is 0 Å². The minimum absolute atomic E-state index is 0.314. The molecule has 2 fully saturated rings. The van der Waals surface area contributed by atoms with Crippen LogP contribution in [-0.2, 0) is 6.42 Å². The van der Waals surface area contributed by atoms with Gasteiger partial charge in [-0.25, -0.2) is 0 Å². The monoisotopic (exact) mass is 426 g/mol. The molecule has 2 aliphatic heterocycles. The molecule has 166 valence electrons. The largest absolute Gasteiger partial charge is 0.380 e. The first-order valence-corrected chi connectivity index (χ1v) is 12.3. The first-order valence-electron chi connectivity index (χ1n) is 12.3. The van der Waals surface area contributed by atoms with E-state index >= 15 is 0 Å². The van der Waals surface area contributed by atoms with Crippen molar-refractivity contribution in [3.63, 3.8) is 0 Å². The second-order valence-electron chi connectivity index (χ2n) is 9.96. The number of nitrogens with zero attached hydrogens (tertiary/aromatic N) is 2. The number of nitrogens with one attached hydrogen (secondary N) is 2. The van der Waals surface area contributed by atoms with E-state index in [0.29, 0.717) is 17.6 Å². The van der Waals surface area contributed by atoms with Gasteiger partial charge in [0.05, 0.1) is 12.1 Å². The van der Waals surface area contributed by atoms with E-state index in [9.17, 15) is 0 Å². The molecule has 32 heavy (non-hydrogen) atoms. The second-order valence-corrected chi connectivity index (χ2v) is 9.96. The van der Waals surface area contributed by atoms with Crippen molar-refractivity contribution in [2.45, 2.75) is 50.2 Å². The molecule has 1 aliphatic carbocycles. The summed E-state index contributed by atoms with van der Waals surface area (Å²) in [6, 6.07) is 19.0. The zero-order chi connectivity index (χ0) is 21.7. The average Bonchev–Trinajstić information content (AvgIpc) is 3.51. The van der Waals surface area contributed by atoms with E-state index in [-0.39, 0.29) is 0 Å². The van der Waals surface area contributed by atoms with Crippen molar-refractivity contribution in [3.8, 4) is 0 Å². The number of hydrogen-bond donors (Lipinski definition) is 2. The minimum Gasteiger partial charge on any atom is -0.380 e. The van der Waals surface area contributed by atoms with Crippen molar-refractivity contribution in [2.24, 2.45) is 0 Å². The Balaban J connectivity index is 1.30. The van der Waals surface area contributed by atoms with E-state index in [1.54, 1.807) is 0 Å². The molecule has 3 aliphatic rings. The molecular weight excluding hydrogens is 392 g/mol. The predicted octanol–water partition coefficient (Wildman–Crippen LogP) is 5.34. The van der Waals surface area contributed by atoms with Gasteiger partial charge < -0.3 is 10.3 Å². The van der Waals surface area contributed by atoms with Gasteiger partial charge in [-0.3, -0.25) is 9.80 Å². The molecule has 0 radical (unpaired) electrons. The van der Waals surface area contributed by atoms with Crippen LogP contribution in [-0.4, -0.2) is 52.5 Å². The number of fused-ring (bicyclic) bond motifs is 3. The van der Waals surface area contributed by atoms with Crippen molar-refractivity contribution in [1.82, 2.24) is 14.8 Å². The number of aromatic nitrogens is 1. The third kappa shape index (κ3) is 3.28. The van der Waals surface area contributed by atoms with Gasteiger partial charge in [-0.15, -0.1) is 6.58 Å². The highest BCUT2D eigenvalue weighted by Gasteiger charge is 2.51. The van der Waals surface area contributed by atoms with Crippen molar-refractivity contribution < 1.29 is 0 Å². The molecule has 0 amide bonds. The Morgan fingerprint density at radius 1 is 1.12 bits per heavy atom. The summed E-state index contributed by atoms with van der Waals surface area (Å²) in [5.74, 6) is 0. The van der Waals surface area contributed by atoms with Crippen molar-refractivity contribution >= 4 is 16.6 Å². The molecule has 2 aromatic carbocycles. The summed E-state index contributed by atoms with van der Waals surface area (Å²) in [5.41, 5.74) is 7.23. The molecule has 4 heteroatoms. The highest BCUT2D eigenvalue weighted by atomic mass is 15.3. The Hall–Kier alpha value is -2.56. The van der Waals surface area contributed by atoms with Crippen LogP contribution >= 0.6 is 0 Å². The van der Waals surface area contributed by atoms with Crippen LogP contribution in [0.5, 0.6) is 0 Å². The summed E-state index contributed by atoms with van der Waals surface area (Å²) in [7, 11) is 0. The quantitative estimate of drug-likeness (QED) is 0.501. The van der Waals surface area contributed by atoms with E-state index in [1.807, 2.05) is 6.08 Å². The van der Waals surface area contributed by atoms with Crippen LogP contribution in [0.25, 0.3) is 10.9 Å². The fourth-order valence-electron chi connectivity index (χ4n) is 6.08. The molecule has 1 saturated carbocycles. The lowest BCUT2D eigenvalue weighted by molar-refractivity contribution is 0.122. The number of H-pyrrole nitrogens is 1. The summed E-state index contributed by atoms with van der Waals surface area (Å²) in [6.45, 7) is 10.5. The maximum absolute atomic E-state index is 3.84. The third-order valence-electron chi connectivity index (χ3n) is 8.07. The zero-order valence-corrected chi connectivity index (χ0v) is 19.1. The van der Waals surface area contributed by atoms with Crippen LogP contribution in [0.3, 0.4) is 0 Å². The molecule has 3 heterocycles. The maximum Gasteiger partial charge on any atom is 0.0761 e. The number of para-hydroxylation sites is 1. The molecule has 1 unspecified atom stereocenters. The predicted molar refractivity (Wildman–Crippen MR) is 133 cm³/mol.